The molecule has 6 nitrogen and oxygen atoms in total. The molecular formula is C11H23N5O. The van der Waals surface area contributed by atoms with Crippen LogP contribution in [-0.2, 0) is 0 Å². The van der Waals surface area contributed by atoms with Crippen LogP contribution >= 0.6 is 0 Å². The number of nitrogens with one attached hydrogen (secondary N) is 5. The third-order valence-electron chi connectivity index (χ3n) is 3.57. The maximum absolute atomic E-state index is 11.7. The highest BCUT2D eigenvalue weighted by Gasteiger charge is 2.20. The first-order valence-electron chi connectivity index (χ1n) is 6.52. The lowest BCUT2D eigenvalue weighted by Gasteiger charge is -2.27. The first kappa shape index (κ1) is 12.6. The van der Waals surface area contributed by atoms with E-state index in [1.165, 1.54) is 12.8 Å². The summed E-state index contributed by atoms with van der Waals surface area (Å²) in [5.74, 6) is 0.816. The Morgan fingerprint density at radius 3 is 2.71 bits per heavy atom. The quantitative estimate of drug-likeness (QED) is 0.476. The molecule has 1 heterocycles. The zero-order valence-corrected chi connectivity index (χ0v) is 10.4. The van der Waals surface area contributed by atoms with Crippen LogP contribution in [0, 0.1) is 5.92 Å². The van der Waals surface area contributed by atoms with Crippen molar-refractivity contribution in [3.8, 4) is 0 Å². The molecule has 1 unspecified atom stereocenters. The molecule has 0 radical (unpaired) electrons. The molecule has 2 aliphatic rings. The van der Waals surface area contributed by atoms with E-state index in [1.54, 1.807) is 0 Å². The Labute approximate surface area is 102 Å². The normalized spacial score (nSPS) is 33.4. The fourth-order valence-corrected chi connectivity index (χ4v) is 2.36. The molecule has 2 amide bonds. The number of hydrazine groups is 2. The molecule has 2 fully saturated rings. The van der Waals surface area contributed by atoms with E-state index in [1.807, 2.05) is 0 Å². The molecule has 2 rings (SSSR count). The molecule has 0 spiro atoms. The SMILES string of the molecule is CC1CCC(NC(=O)NCC2CNNN2)CC1. The maximum Gasteiger partial charge on any atom is 0.315 e. The van der Waals surface area contributed by atoms with Gasteiger partial charge in [0.05, 0.1) is 6.04 Å². The molecule has 98 valence electrons. The minimum atomic E-state index is -0.0433. The molecule has 5 N–H and O–H groups in total. The predicted octanol–water partition coefficient (Wildman–Crippen LogP) is -0.155. The van der Waals surface area contributed by atoms with Gasteiger partial charge in [0.1, 0.15) is 0 Å². The van der Waals surface area contributed by atoms with Gasteiger partial charge >= 0.3 is 6.03 Å². The van der Waals surface area contributed by atoms with Crippen molar-refractivity contribution in [1.82, 2.24) is 27.0 Å². The van der Waals surface area contributed by atoms with Gasteiger partial charge in [-0.1, -0.05) is 6.92 Å². The zero-order valence-electron chi connectivity index (χ0n) is 10.4. The summed E-state index contributed by atoms with van der Waals surface area (Å²) in [6.07, 6.45) is 4.67. The van der Waals surface area contributed by atoms with E-state index in [0.29, 0.717) is 12.6 Å². The number of carbonyl (C=O) groups excluding carboxylic acids is 1. The standard InChI is InChI=1S/C11H23N5O/c1-8-2-4-9(5-3-8)14-11(17)12-6-10-7-13-16-15-10/h8-10,13,15-16H,2-7H2,1H3,(H2,12,14,17). The molecule has 1 aliphatic carbocycles. The molecule has 0 aromatic heterocycles. The summed E-state index contributed by atoms with van der Waals surface area (Å²) in [6, 6.07) is 0.573. The second kappa shape index (κ2) is 6.18. The van der Waals surface area contributed by atoms with Crippen molar-refractivity contribution >= 4 is 6.03 Å². The Balaban J connectivity index is 1.60. The van der Waals surface area contributed by atoms with E-state index in [2.05, 4.69) is 33.9 Å². The largest absolute Gasteiger partial charge is 0.336 e. The second-order valence-electron chi connectivity index (χ2n) is 5.16. The molecular weight excluding hydrogens is 218 g/mol. The van der Waals surface area contributed by atoms with E-state index < -0.39 is 0 Å². The van der Waals surface area contributed by atoms with Gasteiger partial charge in [-0.15, -0.1) is 0 Å². The minimum Gasteiger partial charge on any atom is -0.336 e. The van der Waals surface area contributed by atoms with Crippen molar-refractivity contribution in [3.63, 3.8) is 0 Å². The van der Waals surface area contributed by atoms with Gasteiger partial charge in [0.2, 0.25) is 0 Å². The van der Waals surface area contributed by atoms with Gasteiger partial charge in [-0.2, -0.15) is 5.53 Å². The molecule has 6 heteroatoms. The lowest BCUT2D eigenvalue weighted by Crippen LogP contribution is -2.48. The summed E-state index contributed by atoms with van der Waals surface area (Å²) in [7, 11) is 0. The van der Waals surface area contributed by atoms with Crippen LogP contribution in [-0.4, -0.2) is 31.2 Å². The van der Waals surface area contributed by atoms with Crippen molar-refractivity contribution in [3.05, 3.63) is 0 Å². The molecule has 1 atom stereocenters. The van der Waals surface area contributed by atoms with Crippen LogP contribution in [0.2, 0.25) is 0 Å². The first-order valence-corrected chi connectivity index (χ1v) is 6.52. The van der Waals surface area contributed by atoms with Gasteiger partial charge in [-0.05, 0) is 31.6 Å². The number of amides is 2. The van der Waals surface area contributed by atoms with Crippen LogP contribution in [0.1, 0.15) is 32.6 Å². The number of rotatable bonds is 3. The van der Waals surface area contributed by atoms with Gasteiger partial charge in [0.15, 0.2) is 0 Å². The first-order chi connectivity index (χ1) is 8.24. The third kappa shape index (κ3) is 4.14. The number of hydrogen-bond acceptors (Lipinski definition) is 4. The van der Waals surface area contributed by atoms with Crippen molar-refractivity contribution in [2.45, 2.75) is 44.7 Å². The van der Waals surface area contributed by atoms with Gasteiger partial charge in [0.25, 0.3) is 0 Å². The average molecular weight is 241 g/mol. The molecule has 0 aromatic carbocycles. The summed E-state index contributed by atoms with van der Waals surface area (Å²) < 4.78 is 0. The molecule has 1 aliphatic heterocycles. The summed E-state index contributed by atoms with van der Waals surface area (Å²) in [4.78, 5) is 11.7. The Hall–Kier alpha value is -0.850. The number of carbonyl (C=O) groups is 1. The Morgan fingerprint density at radius 1 is 1.29 bits per heavy atom. The molecule has 1 saturated heterocycles. The predicted molar refractivity (Wildman–Crippen MR) is 66.0 cm³/mol. The van der Waals surface area contributed by atoms with E-state index in [-0.39, 0.29) is 12.1 Å². The van der Waals surface area contributed by atoms with Gasteiger partial charge in [0, 0.05) is 19.1 Å². The number of hydrogen-bond donors (Lipinski definition) is 5. The Kier molecular flexibility index (Phi) is 4.58. The molecule has 17 heavy (non-hydrogen) atoms. The van der Waals surface area contributed by atoms with E-state index in [0.717, 1.165) is 25.3 Å². The van der Waals surface area contributed by atoms with Crippen molar-refractivity contribution in [1.29, 1.82) is 0 Å². The Morgan fingerprint density at radius 2 is 2.06 bits per heavy atom. The highest BCUT2D eigenvalue weighted by atomic mass is 16.2. The highest BCUT2D eigenvalue weighted by molar-refractivity contribution is 5.74. The molecule has 1 saturated carbocycles. The third-order valence-corrected chi connectivity index (χ3v) is 3.57. The summed E-state index contributed by atoms with van der Waals surface area (Å²) in [6.45, 7) is 3.73. The Bertz CT molecular complexity index is 246. The van der Waals surface area contributed by atoms with Crippen LogP contribution < -0.4 is 27.0 Å². The van der Waals surface area contributed by atoms with Gasteiger partial charge in [-0.25, -0.2) is 15.6 Å². The summed E-state index contributed by atoms with van der Waals surface area (Å²) in [5, 5.41) is 5.94. The lowest BCUT2D eigenvalue weighted by atomic mass is 9.87. The summed E-state index contributed by atoms with van der Waals surface area (Å²) in [5.41, 5.74) is 8.78. The minimum absolute atomic E-state index is 0.0433. The van der Waals surface area contributed by atoms with Crippen molar-refractivity contribution < 1.29 is 4.79 Å². The van der Waals surface area contributed by atoms with Crippen LogP contribution in [0.25, 0.3) is 0 Å². The van der Waals surface area contributed by atoms with E-state index in [4.69, 9.17) is 0 Å². The fraction of sp³-hybridized carbons (Fsp3) is 0.909. The molecule has 0 bridgehead atoms. The van der Waals surface area contributed by atoms with E-state index in [9.17, 15) is 4.79 Å². The van der Waals surface area contributed by atoms with Crippen LogP contribution in [0.5, 0.6) is 0 Å². The number of urea groups is 1. The maximum atomic E-state index is 11.7. The van der Waals surface area contributed by atoms with Gasteiger partial charge < -0.3 is 10.6 Å². The van der Waals surface area contributed by atoms with Crippen LogP contribution in [0.15, 0.2) is 0 Å². The van der Waals surface area contributed by atoms with Crippen molar-refractivity contribution in [2.75, 3.05) is 13.1 Å². The lowest BCUT2D eigenvalue weighted by molar-refractivity contribution is 0.227. The average Bonchev–Trinajstić information content (AvgIpc) is 2.83. The smallest absolute Gasteiger partial charge is 0.315 e. The second-order valence-corrected chi connectivity index (χ2v) is 5.16. The van der Waals surface area contributed by atoms with E-state index >= 15 is 0 Å². The monoisotopic (exact) mass is 241 g/mol. The van der Waals surface area contributed by atoms with Crippen LogP contribution in [0.4, 0.5) is 4.79 Å². The zero-order chi connectivity index (χ0) is 12.1. The van der Waals surface area contributed by atoms with Gasteiger partial charge in [-0.3, -0.25) is 0 Å². The van der Waals surface area contributed by atoms with Crippen molar-refractivity contribution in [2.24, 2.45) is 5.92 Å². The summed E-state index contributed by atoms with van der Waals surface area (Å²) >= 11 is 0. The molecule has 0 aromatic rings. The highest BCUT2D eigenvalue weighted by Crippen LogP contribution is 2.23. The topological polar surface area (TPSA) is 77.2 Å². The van der Waals surface area contributed by atoms with Crippen LogP contribution in [0.3, 0.4) is 0 Å². The fourth-order valence-electron chi connectivity index (χ4n) is 2.36.